The number of para-hydroxylation sites is 1. The molecule has 14 heavy (non-hydrogen) atoms. The van der Waals surface area contributed by atoms with E-state index in [1.165, 1.54) is 19.2 Å². The molecule has 0 bridgehead atoms. The summed E-state index contributed by atoms with van der Waals surface area (Å²) in [5.74, 6) is 0. The Bertz CT molecular complexity index is 491. The van der Waals surface area contributed by atoms with Crippen molar-refractivity contribution in [3.63, 3.8) is 0 Å². The minimum Gasteiger partial charge on any atom is -0.453 e. The van der Waals surface area contributed by atoms with Gasteiger partial charge in [0, 0.05) is 6.07 Å². The standard InChI is InChI=1S/C8H6N2O4/c1-13-8-9-7-5(10(11)12)3-2-4-6(7)14-8/h2-4H,1H3. The van der Waals surface area contributed by atoms with Crippen molar-refractivity contribution in [3.8, 4) is 6.08 Å². The van der Waals surface area contributed by atoms with E-state index in [0.29, 0.717) is 5.58 Å². The van der Waals surface area contributed by atoms with Crippen molar-refractivity contribution in [1.29, 1.82) is 0 Å². The molecule has 6 heteroatoms. The van der Waals surface area contributed by atoms with Crippen LogP contribution < -0.4 is 4.74 Å². The van der Waals surface area contributed by atoms with Gasteiger partial charge in [-0.15, -0.1) is 0 Å². The number of oxazole rings is 1. The van der Waals surface area contributed by atoms with Crippen LogP contribution in [0.4, 0.5) is 5.69 Å². The lowest BCUT2D eigenvalue weighted by molar-refractivity contribution is -0.383. The zero-order chi connectivity index (χ0) is 10.1. The average Bonchev–Trinajstić information content (AvgIpc) is 2.59. The van der Waals surface area contributed by atoms with Gasteiger partial charge in [0.1, 0.15) is 0 Å². The Morgan fingerprint density at radius 3 is 3.00 bits per heavy atom. The molecule has 6 nitrogen and oxygen atoms in total. The summed E-state index contributed by atoms with van der Waals surface area (Å²) in [6.45, 7) is 0. The lowest BCUT2D eigenvalue weighted by Gasteiger charge is -1.88. The first-order valence-electron chi connectivity index (χ1n) is 3.80. The van der Waals surface area contributed by atoms with E-state index in [9.17, 15) is 10.1 Å². The first-order valence-corrected chi connectivity index (χ1v) is 3.80. The van der Waals surface area contributed by atoms with Crippen molar-refractivity contribution >= 4 is 16.8 Å². The van der Waals surface area contributed by atoms with Crippen LogP contribution in [0.1, 0.15) is 0 Å². The molecule has 0 N–H and O–H groups in total. The van der Waals surface area contributed by atoms with Gasteiger partial charge in [0.15, 0.2) is 11.1 Å². The van der Waals surface area contributed by atoms with E-state index in [4.69, 9.17) is 9.15 Å². The normalized spacial score (nSPS) is 10.4. The molecule has 72 valence electrons. The molecule has 0 saturated carbocycles. The first kappa shape index (κ1) is 8.49. The van der Waals surface area contributed by atoms with Gasteiger partial charge >= 0.3 is 6.08 Å². The lowest BCUT2D eigenvalue weighted by Crippen LogP contribution is -1.88. The number of fused-ring (bicyclic) bond motifs is 1. The van der Waals surface area contributed by atoms with Gasteiger partial charge < -0.3 is 9.15 Å². The molecule has 0 aliphatic rings. The molecule has 0 aliphatic carbocycles. The topological polar surface area (TPSA) is 78.4 Å². The SMILES string of the molecule is COc1nc2c([N+](=O)[O-])cccc2o1. The Kier molecular flexibility index (Phi) is 1.81. The molecule has 0 radical (unpaired) electrons. The molecule has 0 amide bonds. The van der Waals surface area contributed by atoms with Crippen LogP contribution in [-0.2, 0) is 0 Å². The largest absolute Gasteiger partial charge is 0.453 e. The highest BCUT2D eigenvalue weighted by molar-refractivity contribution is 5.82. The second-order valence-electron chi connectivity index (χ2n) is 2.56. The van der Waals surface area contributed by atoms with Crippen molar-refractivity contribution in [3.05, 3.63) is 28.3 Å². The molecule has 0 aliphatic heterocycles. The van der Waals surface area contributed by atoms with Crippen LogP contribution in [0.15, 0.2) is 22.6 Å². The van der Waals surface area contributed by atoms with E-state index in [-0.39, 0.29) is 17.3 Å². The monoisotopic (exact) mass is 194 g/mol. The fourth-order valence-corrected chi connectivity index (χ4v) is 1.15. The predicted molar refractivity (Wildman–Crippen MR) is 47.2 cm³/mol. The van der Waals surface area contributed by atoms with E-state index in [1.54, 1.807) is 6.07 Å². The van der Waals surface area contributed by atoms with Crippen LogP contribution >= 0.6 is 0 Å². The molecule has 1 aromatic carbocycles. The number of nitrogens with zero attached hydrogens (tertiary/aromatic N) is 2. The van der Waals surface area contributed by atoms with Gasteiger partial charge in [-0.05, 0) is 6.07 Å². The van der Waals surface area contributed by atoms with E-state index < -0.39 is 4.92 Å². The molecule has 2 rings (SSSR count). The summed E-state index contributed by atoms with van der Waals surface area (Å²) in [4.78, 5) is 13.9. The van der Waals surface area contributed by atoms with Crippen molar-refractivity contribution in [2.75, 3.05) is 7.11 Å². The van der Waals surface area contributed by atoms with E-state index in [0.717, 1.165) is 0 Å². The third-order valence-electron chi connectivity index (χ3n) is 1.75. The average molecular weight is 194 g/mol. The molecule has 0 atom stereocenters. The smallest absolute Gasteiger partial charge is 0.394 e. The van der Waals surface area contributed by atoms with Crippen LogP contribution in [-0.4, -0.2) is 17.0 Å². The number of benzene rings is 1. The Morgan fingerprint density at radius 1 is 1.57 bits per heavy atom. The molecule has 0 spiro atoms. The van der Waals surface area contributed by atoms with Crippen LogP contribution in [0, 0.1) is 10.1 Å². The summed E-state index contributed by atoms with van der Waals surface area (Å²) in [6.07, 6.45) is 0.0225. The second-order valence-corrected chi connectivity index (χ2v) is 2.56. The molecule has 2 aromatic rings. The quantitative estimate of drug-likeness (QED) is 0.537. The fourth-order valence-electron chi connectivity index (χ4n) is 1.15. The number of methoxy groups -OCH3 is 1. The lowest BCUT2D eigenvalue weighted by atomic mass is 10.3. The molecule has 0 fully saturated rings. The Labute approximate surface area is 78.3 Å². The minimum absolute atomic E-state index is 0.0225. The maximum atomic E-state index is 10.6. The van der Waals surface area contributed by atoms with Gasteiger partial charge in [0.25, 0.3) is 5.69 Å². The summed E-state index contributed by atoms with van der Waals surface area (Å²) in [5.41, 5.74) is 0.458. The highest BCUT2D eigenvalue weighted by Gasteiger charge is 2.17. The molecule has 0 unspecified atom stereocenters. The molecular formula is C8H6N2O4. The maximum absolute atomic E-state index is 10.6. The van der Waals surface area contributed by atoms with Gasteiger partial charge in [-0.3, -0.25) is 10.1 Å². The first-order chi connectivity index (χ1) is 6.72. The van der Waals surface area contributed by atoms with Crippen LogP contribution in [0.3, 0.4) is 0 Å². The van der Waals surface area contributed by atoms with Crippen molar-refractivity contribution < 1.29 is 14.1 Å². The summed E-state index contributed by atoms with van der Waals surface area (Å²) in [5, 5.41) is 10.6. The van der Waals surface area contributed by atoms with E-state index in [1.807, 2.05) is 0 Å². The zero-order valence-electron chi connectivity index (χ0n) is 7.26. The number of nitro benzene ring substituents is 1. The molecule has 1 aromatic heterocycles. The zero-order valence-corrected chi connectivity index (χ0v) is 7.26. The van der Waals surface area contributed by atoms with E-state index >= 15 is 0 Å². The number of nitro groups is 1. The van der Waals surface area contributed by atoms with Gasteiger partial charge in [0.05, 0.1) is 12.0 Å². The third kappa shape index (κ3) is 1.17. The fraction of sp³-hybridized carbons (Fsp3) is 0.125. The van der Waals surface area contributed by atoms with Gasteiger partial charge in [-0.25, -0.2) is 0 Å². The number of aromatic nitrogens is 1. The predicted octanol–water partition coefficient (Wildman–Crippen LogP) is 1.74. The van der Waals surface area contributed by atoms with Crippen molar-refractivity contribution in [2.45, 2.75) is 0 Å². The molecule has 1 heterocycles. The van der Waals surface area contributed by atoms with Gasteiger partial charge in [-0.1, -0.05) is 6.07 Å². The third-order valence-corrected chi connectivity index (χ3v) is 1.75. The number of hydrogen-bond donors (Lipinski definition) is 0. The molecular weight excluding hydrogens is 188 g/mol. The Balaban J connectivity index is 2.73. The van der Waals surface area contributed by atoms with Crippen LogP contribution in [0.5, 0.6) is 6.08 Å². The maximum Gasteiger partial charge on any atom is 0.394 e. The van der Waals surface area contributed by atoms with E-state index in [2.05, 4.69) is 4.98 Å². The van der Waals surface area contributed by atoms with Crippen molar-refractivity contribution in [2.24, 2.45) is 0 Å². The second kappa shape index (κ2) is 2.99. The summed E-state index contributed by atoms with van der Waals surface area (Å²) < 4.78 is 9.80. The number of ether oxygens (including phenoxy) is 1. The minimum atomic E-state index is -0.510. The summed E-state index contributed by atoms with van der Waals surface area (Å²) >= 11 is 0. The highest BCUT2D eigenvalue weighted by atomic mass is 16.6. The van der Waals surface area contributed by atoms with Crippen LogP contribution in [0.2, 0.25) is 0 Å². The number of rotatable bonds is 2. The number of hydrogen-bond acceptors (Lipinski definition) is 5. The summed E-state index contributed by atoms with van der Waals surface area (Å²) in [7, 11) is 1.39. The Morgan fingerprint density at radius 2 is 2.36 bits per heavy atom. The number of non-ortho nitro benzene ring substituents is 1. The Hall–Kier alpha value is -2.11. The van der Waals surface area contributed by atoms with Gasteiger partial charge in [-0.2, -0.15) is 4.98 Å². The molecule has 0 saturated heterocycles. The highest BCUT2D eigenvalue weighted by Crippen LogP contribution is 2.27. The van der Waals surface area contributed by atoms with Crippen LogP contribution in [0.25, 0.3) is 11.1 Å². The summed E-state index contributed by atoms with van der Waals surface area (Å²) in [6, 6.07) is 4.49. The van der Waals surface area contributed by atoms with Crippen molar-refractivity contribution in [1.82, 2.24) is 4.98 Å². The van der Waals surface area contributed by atoms with Gasteiger partial charge in [0.2, 0.25) is 0 Å².